The van der Waals surface area contributed by atoms with Crippen molar-refractivity contribution in [1.82, 2.24) is 14.8 Å². The number of fused-ring (bicyclic) bond motifs is 1. The van der Waals surface area contributed by atoms with Crippen LogP contribution in [0.4, 0.5) is 0 Å². The van der Waals surface area contributed by atoms with Crippen LogP contribution < -0.4 is 0 Å². The fourth-order valence-electron chi connectivity index (χ4n) is 5.10. The lowest BCUT2D eigenvalue weighted by molar-refractivity contribution is -0.133. The summed E-state index contributed by atoms with van der Waals surface area (Å²) in [4.78, 5) is 21.2. The van der Waals surface area contributed by atoms with Gasteiger partial charge in [-0.05, 0) is 42.9 Å². The van der Waals surface area contributed by atoms with E-state index in [0.29, 0.717) is 24.2 Å². The van der Waals surface area contributed by atoms with Crippen LogP contribution in [0, 0.1) is 5.92 Å². The summed E-state index contributed by atoms with van der Waals surface area (Å²) >= 11 is 0. The number of carbonyl (C=O) groups is 1. The van der Waals surface area contributed by atoms with Gasteiger partial charge in [0.1, 0.15) is 0 Å². The van der Waals surface area contributed by atoms with Gasteiger partial charge in [-0.3, -0.25) is 4.79 Å². The van der Waals surface area contributed by atoms with Crippen molar-refractivity contribution < 1.29 is 4.79 Å². The summed E-state index contributed by atoms with van der Waals surface area (Å²) in [6, 6.07) is 8.55. The Labute approximate surface area is 162 Å². The zero-order valence-electron chi connectivity index (χ0n) is 16.6. The molecule has 1 saturated carbocycles. The third-order valence-electron chi connectivity index (χ3n) is 6.81. The van der Waals surface area contributed by atoms with Crippen LogP contribution in [-0.4, -0.2) is 53.4 Å². The maximum atomic E-state index is 13.2. The number of rotatable bonds is 5. The van der Waals surface area contributed by atoms with E-state index in [9.17, 15) is 4.79 Å². The van der Waals surface area contributed by atoms with Gasteiger partial charge in [0.05, 0.1) is 0 Å². The molecule has 1 amide bonds. The molecule has 0 radical (unpaired) electrons. The van der Waals surface area contributed by atoms with Gasteiger partial charge < -0.3 is 14.8 Å². The number of para-hydroxylation sites is 1. The fraction of sp³-hybridized carbons (Fsp3) is 0.609. The van der Waals surface area contributed by atoms with Gasteiger partial charge in [0.15, 0.2) is 0 Å². The molecule has 2 fully saturated rings. The van der Waals surface area contributed by atoms with Gasteiger partial charge in [0, 0.05) is 49.7 Å². The first-order chi connectivity index (χ1) is 13.3. The number of benzene rings is 1. The maximum Gasteiger partial charge on any atom is 0.223 e. The lowest BCUT2D eigenvalue weighted by Gasteiger charge is -2.36. The molecule has 1 aliphatic heterocycles. The van der Waals surface area contributed by atoms with E-state index in [0.717, 1.165) is 32.7 Å². The number of aromatic nitrogens is 1. The Morgan fingerprint density at radius 2 is 1.85 bits per heavy atom. The summed E-state index contributed by atoms with van der Waals surface area (Å²) in [5.74, 6) is 1.34. The molecular weight excluding hydrogens is 334 g/mol. The monoisotopic (exact) mass is 367 g/mol. The van der Waals surface area contributed by atoms with E-state index in [1.54, 1.807) is 0 Å². The maximum absolute atomic E-state index is 13.2. The molecule has 0 spiro atoms. The standard InChI is InChI=1S/C23H33N3O/c1-2-25-12-14-26(15-13-25)23(27)16-20(18-8-4-3-5-9-18)21-17-24-22-11-7-6-10-19(21)22/h6-7,10-11,17-18,20,24H,2-5,8-9,12-16H2,1H3/t20-/m1/s1. The summed E-state index contributed by atoms with van der Waals surface area (Å²) in [5, 5.41) is 1.30. The molecule has 2 aromatic rings. The third kappa shape index (κ3) is 4.06. The minimum absolute atomic E-state index is 0.346. The number of hydrogen-bond acceptors (Lipinski definition) is 2. The van der Waals surface area contributed by atoms with E-state index in [-0.39, 0.29) is 0 Å². The normalized spacial score (nSPS) is 20.9. The average Bonchev–Trinajstić information content (AvgIpc) is 3.16. The fourth-order valence-corrected chi connectivity index (χ4v) is 5.10. The van der Waals surface area contributed by atoms with E-state index in [4.69, 9.17) is 0 Å². The average molecular weight is 368 g/mol. The molecule has 1 N–H and O–H groups in total. The van der Waals surface area contributed by atoms with E-state index in [2.05, 4.69) is 52.2 Å². The number of piperazine rings is 1. The number of aromatic amines is 1. The van der Waals surface area contributed by atoms with Crippen molar-refractivity contribution >= 4 is 16.8 Å². The second kappa shape index (κ2) is 8.47. The summed E-state index contributed by atoms with van der Waals surface area (Å²) in [6.45, 7) is 7.10. The van der Waals surface area contributed by atoms with Crippen molar-refractivity contribution in [2.75, 3.05) is 32.7 Å². The van der Waals surface area contributed by atoms with Gasteiger partial charge in [-0.1, -0.05) is 44.4 Å². The summed E-state index contributed by atoms with van der Waals surface area (Å²) < 4.78 is 0. The molecule has 4 heteroatoms. The van der Waals surface area contributed by atoms with Crippen LogP contribution in [0.1, 0.15) is 56.9 Å². The van der Waals surface area contributed by atoms with Crippen LogP contribution in [0.5, 0.6) is 0 Å². The van der Waals surface area contributed by atoms with Gasteiger partial charge in [-0.25, -0.2) is 0 Å². The molecule has 0 unspecified atom stereocenters. The second-order valence-corrected chi connectivity index (χ2v) is 8.31. The highest BCUT2D eigenvalue weighted by molar-refractivity contribution is 5.85. The van der Waals surface area contributed by atoms with Crippen molar-refractivity contribution in [1.29, 1.82) is 0 Å². The molecule has 1 aliphatic carbocycles. The molecule has 4 nitrogen and oxygen atoms in total. The Morgan fingerprint density at radius 3 is 2.59 bits per heavy atom. The van der Waals surface area contributed by atoms with Crippen LogP contribution in [0.25, 0.3) is 10.9 Å². The first-order valence-corrected chi connectivity index (χ1v) is 10.8. The molecule has 2 aliphatic rings. The molecular formula is C23H33N3O. The van der Waals surface area contributed by atoms with Crippen LogP contribution >= 0.6 is 0 Å². The van der Waals surface area contributed by atoms with E-state index < -0.39 is 0 Å². The smallest absolute Gasteiger partial charge is 0.223 e. The molecule has 0 bridgehead atoms. The molecule has 146 valence electrons. The Bertz CT molecular complexity index is 754. The quantitative estimate of drug-likeness (QED) is 0.851. The van der Waals surface area contributed by atoms with Crippen molar-refractivity contribution in [3.8, 4) is 0 Å². The zero-order valence-corrected chi connectivity index (χ0v) is 16.6. The first-order valence-electron chi connectivity index (χ1n) is 10.8. The van der Waals surface area contributed by atoms with Gasteiger partial charge >= 0.3 is 0 Å². The van der Waals surface area contributed by atoms with Crippen molar-refractivity contribution in [3.05, 3.63) is 36.0 Å². The topological polar surface area (TPSA) is 39.3 Å². The van der Waals surface area contributed by atoms with E-state index in [1.165, 1.54) is 48.6 Å². The summed E-state index contributed by atoms with van der Waals surface area (Å²) in [6.07, 6.45) is 9.34. The zero-order chi connectivity index (χ0) is 18.6. The van der Waals surface area contributed by atoms with Gasteiger partial charge in [-0.15, -0.1) is 0 Å². The van der Waals surface area contributed by atoms with Crippen molar-refractivity contribution in [3.63, 3.8) is 0 Å². The van der Waals surface area contributed by atoms with Crippen LogP contribution in [0.15, 0.2) is 30.5 Å². The predicted octanol–water partition coefficient (Wildman–Crippen LogP) is 4.39. The Kier molecular flexibility index (Phi) is 5.82. The molecule has 1 atom stereocenters. The first kappa shape index (κ1) is 18.5. The van der Waals surface area contributed by atoms with E-state index >= 15 is 0 Å². The summed E-state index contributed by atoms with van der Waals surface area (Å²) in [5.41, 5.74) is 2.55. The van der Waals surface area contributed by atoms with Crippen LogP contribution in [-0.2, 0) is 4.79 Å². The number of carbonyl (C=O) groups excluding carboxylic acids is 1. The molecule has 4 rings (SSSR count). The Morgan fingerprint density at radius 1 is 1.11 bits per heavy atom. The lowest BCUT2D eigenvalue weighted by Crippen LogP contribution is -2.48. The summed E-state index contributed by atoms with van der Waals surface area (Å²) in [7, 11) is 0. The number of nitrogens with zero attached hydrogens (tertiary/aromatic N) is 2. The molecule has 2 heterocycles. The number of amides is 1. The number of nitrogens with one attached hydrogen (secondary N) is 1. The second-order valence-electron chi connectivity index (χ2n) is 8.31. The molecule has 27 heavy (non-hydrogen) atoms. The van der Waals surface area contributed by atoms with Crippen LogP contribution in [0.2, 0.25) is 0 Å². The highest BCUT2D eigenvalue weighted by Gasteiger charge is 2.31. The number of hydrogen-bond donors (Lipinski definition) is 1. The number of H-pyrrole nitrogens is 1. The highest BCUT2D eigenvalue weighted by Crippen LogP contribution is 2.41. The third-order valence-corrected chi connectivity index (χ3v) is 6.81. The van der Waals surface area contributed by atoms with Gasteiger partial charge in [-0.2, -0.15) is 0 Å². The SMILES string of the molecule is CCN1CCN(C(=O)C[C@@H](c2c[nH]c3ccccc23)C2CCCCC2)CC1. The molecule has 1 saturated heterocycles. The minimum Gasteiger partial charge on any atom is -0.361 e. The van der Waals surface area contributed by atoms with E-state index in [1.807, 2.05) is 0 Å². The van der Waals surface area contributed by atoms with Gasteiger partial charge in [0.2, 0.25) is 5.91 Å². The number of likely N-dealkylation sites (N-methyl/N-ethyl adjacent to an activating group) is 1. The molecule has 1 aromatic heterocycles. The van der Waals surface area contributed by atoms with Gasteiger partial charge in [0.25, 0.3) is 0 Å². The highest BCUT2D eigenvalue weighted by atomic mass is 16.2. The molecule has 1 aromatic carbocycles. The predicted molar refractivity (Wildman–Crippen MR) is 111 cm³/mol. The van der Waals surface area contributed by atoms with Crippen LogP contribution in [0.3, 0.4) is 0 Å². The largest absolute Gasteiger partial charge is 0.361 e. The minimum atomic E-state index is 0.346. The van der Waals surface area contributed by atoms with Crippen molar-refractivity contribution in [2.24, 2.45) is 5.92 Å². The van der Waals surface area contributed by atoms with Crippen molar-refractivity contribution in [2.45, 2.75) is 51.4 Å². The Balaban J connectivity index is 1.54. The Hall–Kier alpha value is -1.81. The lowest BCUT2D eigenvalue weighted by atomic mass is 9.75.